The number of hydrogen-bond donors (Lipinski definition) is 2. The number of nitrogens with two attached hydrogens (primary N) is 1. The van der Waals surface area contributed by atoms with Crippen molar-refractivity contribution in [1.82, 2.24) is 15.1 Å². The van der Waals surface area contributed by atoms with Gasteiger partial charge in [0.2, 0.25) is 0 Å². The van der Waals surface area contributed by atoms with E-state index in [-0.39, 0.29) is 17.6 Å². The summed E-state index contributed by atoms with van der Waals surface area (Å²) in [6.07, 6.45) is 0. The van der Waals surface area contributed by atoms with Crippen LogP contribution in [-0.4, -0.2) is 28.9 Å². The van der Waals surface area contributed by atoms with E-state index >= 15 is 0 Å². The van der Waals surface area contributed by atoms with Crippen LogP contribution in [0.2, 0.25) is 5.02 Å². The average molecular weight is 367 g/mol. The molecule has 0 saturated heterocycles. The van der Waals surface area contributed by atoms with E-state index in [1.807, 2.05) is 0 Å². The lowest BCUT2D eigenvalue weighted by Gasteiger charge is -2.09. The zero-order chi connectivity index (χ0) is 17.3. The van der Waals surface area contributed by atoms with E-state index in [2.05, 4.69) is 10.4 Å². The minimum absolute atomic E-state index is 0.0148. The molecule has 3 rings (SSSR count). The Hall–Kier alpha value is -2.45. The second kappa shape index (κ2) is 6.58. The first kappa shape index (κ1) is 16.4. The van der Waals surface area contributed by atoms with Crippen molar-refractivity contribution in [2.45, 2.75) is 0 Å². The molecule has 24 heavy (non-hydrogen) atoms. The Morgan fingerprint density at radius 3 is 2.75 bits per heavy atom. The topological polar surface area (TPSA) is 90.0 Å². The molecule has 0 fully saturated rings. The normalized spacial score (nSPS) is 10.9. The lowest BCUT2D eigenvalue weighted by Crippen LogP contribution is -2.30. The van der Waals surface area contributed by atoms with Crippen molar-refractivity contribution in [3.8, 4) is 5.69 Å². The first-order valence-electron chi connectivity index (χ1n) is 6.93. The summed E-state index contributed by atoms with van der Waals surface area (Å²) in [5.74, 6) is -0.571. The van der Waals surface area contributed by atoms with Crippen LogP contribution < -0.4 is 16.6 Å². The molecule has 0 aliphatic heterocycles. The van der Waals surface area contributed by atoms with E-state index in [1.165, 1.54) is 0 Å². The molecule has 0 radical (unpaired) electrons. The fraction of sp³-hybridized carbons (Fsp3) is 0.133. The minimum atomic E-state index is -0.697. The van der Waals surface area contributed by atoms with Crippen molar-refractivity contribution in [2.24, 2.45) is 0 Å². The number of benzene rings is 1. The van der Waals surface area contributed by atoms with Gasteiger partial charge in [-0.15, -0.1) is 11.3 Å². The summed E-state index contributed by atoms with van der Waals surface area (Å²) in [6.45, 7) is -0.834. The predicted octanol–water partition coefficient (Wildman–Crippen LogP) is 2.38. The summed E-state index contributed by atoms with van der Waals surface area (Å²) in [5.41, 5.74) is 5.90. The number of nitrogens with one attached hydrogen (secondary N) is 1. The van der Waals surface area contributed by atoms with E-state index in [0.717, 1.165) is 16.0 Å². The number of nitrogen functional groups attached to an aromatic ring is 1. The summed E-state index contributed by atoms with van der Waals surface area (Å²) in [7, 11) is 0. The molecule has 0 aliphatic rings. The molecule has 1 aromatic carbocycles. The highest BCUT2D eigenvalue weighted by atomic mass is 35.5. The molecule has 2 heterocycles. The summed E-state index contributed by atoms with van der Waals surface area (Å²) in [6, 6.07) is 6.42. The molecule has 124 valence electrons. The van der Waals surface area contributed by atoms with E-state index < -0.39 is 18.1 Å². The Morgan fingerprint density at radius 1 is 1.38 bits per heavy atom. The van der Waals surface area contributed by atoms with Gasteiger partial charge in [-0.05, 0) is 24.3 Å². The number of anilines is 1. The van der Waals surface area contributed by atoms with Gasteiger partial charge in [-0.25, -0.2) is 4.39 Å². The van der Waals surface area contributed by atoms with Crippen LogP contribution in [-0.2, 0) is 0 Å². The zero-order valence-electron chi connectivity index (χ0n) is 12.3. The number of carbonyl (C=O) groups is 1. The van der Waals surface area contributed by atoms with Crippen LogP contribution in [0, 0.1) is 0 Å². The van der Waals surface area contributed by atoms with Crippen molar-refractivity contribution >= 4 is 44.6 Å². The lowest BCUT2D eigenvalue weighted by atomic mass is 10.2. The maximum absolute atomic E-state index is 12.7. The molecule has 0 saturated carbocycles. The second-order valence-electron chi connectivity index (χ2n) is 4.88. The number of alkyl halides is 1. The number of carbonyl (C=O) groups excluding carboxylic acids is 1. The van der Waals surface area contributed by atoms with Gasteiger partial charge >= 0.3 is 0 Å². The van der Waals surface area contributed by atoms with Gasteiger partial charge in [0.05, 0.1) is 16.1 Å². The Bertz CT molecular complexity index is 968. The van der Waals surface area contributed by atoms with E-state index in [9.17, 15) is 14.0 Å². The SMILES string of the molecule is Nc1scc2c(C(=O)NCCF)nn(-c3ccc(Cl)cc3)c(=O)c12. The summed E-state index contributed by atoms with van der Waals surface area (Å²) >= 11 is 7.00. The Kier molecular flexibility index (Phi) is 4.50. The zero-order valence-corrected chi connectivity index (χ0v) is 13.8. The van der Waals surface area contributed by atoms with Crippen LogP contribution in [0.25, 0.3) is 16.5 Å². The molecule has 0 aliphatic carbocycles. The number of amides is 1. The number of fused-ring (bicyclic) bond motifs is 1. The van der Waals surface area contributed by atoms with Gasteiger partial charge in [0.25, 0.3) is 11.5 Å². The number of nitrogens with zero attached hydrogens (tertiary/aromatic N) is 2. The van der Waals surface area contributed by atoms with Crippen molar-refractivity contribution in [3.05, 3.63) is 50.7 Å². The Labute approximate surface area is 144 Å². The quantitative estimate of drug-likeness (QED) is 0.741. The first-order valence-corrected chi connectivity index (χ1v) is 8.19. The monoisotopic (exact) mass is 366 g/mol. The first-order chi connectivity index (χ1) is 11.5. The maximum atomic E-state index is 12.7. The standard InChI is InChI=1S/C15H12ClFN4O2S/c16-8-1-3-9(4-2-8)21-15(23)11-10(7-24-13(11)18)12(20-21)14(22)19-6-5-17/h1-4,7H,5-6,18H2,(H,19,22). The molecule has 0 atom stereocenters. The van der Waals surface area contributed by atoms with Gasteiger partial charge in [0, 0.05) is 22.3 Å². The maximum Gasteiger partial charge on any atom is 0.282 e. The van der Waals surface area contributed by atoms with Crippen molar-refractivity contribution in [2.75, 3.05) is 19.0 Å². The fourth-order valence-electron chi connectivity index (χ4n) is 2.24. The highest BCUT2D eigenvalue weighted by Crippen LogP contribution is 2.27. The number of halogens is 2. The fourth-order valence-corrected chi connectivity index (χ4v) is 3.16. The summed E-state index contributed by atoms with van der Waals surface area (Å²) < 4.78 is 13.4. The molecule has 6 nitrogen and oxygen atoms in total. The number of rotatable bonds is 4. The van der Waals surface area contributed by atoms with E-state index in [4.69, 9.17) is 17.3 Å². The molecule has 0 spiro atoms. The van der Waals surface area contributed by atoms with Gasteiger partial charge in [-0.3, -0.25) is 9.59 Å². The van der Waals surface area contributed by atoms with E-state index in [0.29, 0.717) is 21.1 Å². The van der Waals surface area contributed by atoms with Gasteiger partial charge in [-0.1, -0.05) is 11.6 Å². The van der Waals surface area contributed by atoms with Crippen LogP contribution >= 0.6 is 22.9 Å². The number of hydrogen-bond acceptors (Lipinski definition) is 5. The molecular weight excluding hydrogens is 355 g/mol. The highest BCUT2D eigenvalue weighted by Gasteiger charge is 2.20. The Morgan fingerprint density at radius 2 is 2.08 bits per heavy atom. The van der Waals surface area contributed by atoms with Crippen molar-refractivity contribution in [1.29, 1.82) is 0 Å². The summed E-state index contributed by atoms with van der Waals surface area (Å²) in [4.78, 5) is 24.9. The number of thiophene rings is 1. The third-order valence-electron chi connectivity index (χ3n) is 3.35. The molecular formula is C15H12ClFN4O2S. The highest BCUT2D eigenvalue weighted by molar-refractivity contribution is 7.15. The molecule has 9 heteroatoms. The van der Waals surface area contributed by atoms with Crippen LogP contribution in [0.3, 0.4) is 0 Å². The van der Waals surface area contributed by atoms with Crippen molar-refractivity contribution < 1.29 is 9.18 Å². The number of aromatic nitrogens is 2. The molecule has 3 N–H and O–H groups in total. The summed E-state index contributed by atoms with van der Waals surface area (Å²) in [5, 5.41) is 9.51. The van der Waals surface area contributed by atoms with Gasteiger partial charge in [-0.2, -0.15) is 9.78 Å². The van der Waals surface area contributed by atoms with Crippen LogP contribution in [0.15, 0.2) is 34.4 Å². The third kappa shape index (κ3) is 2.85. The van der Waals surface area contributed by atoms with E-state index in [1.54, 1.807) is 29.6 Å². The van der Waals surface area contributed by atoms with Crippen molar-refractivity contribution in [3.63, 3.8) is 0 Å². The molecule has 0 bridgehead atoms. The van der Waals surface area contributed by atoms with Crippen LogP contribution in [0.1, 0.15) is 10.5 Å². The van der Waals surface area contributed by atoms with Gasteiger partial charge < -0.3 is 11.1 Å². The smallest absolute Gasteiger partial charge is 0.282 e. The average Bonchev–Trinajstić information content (AvgIpc) is 2.96. The Balaban J connectivity index is 2.25. The predicted molar refractivity (Wildman–Crippen MR) is 92.9 cm³/mol. The molecule has 2 aromatic heterocycles. The molecule has 0 unspecified atom stereocenters. The minimum Gasteiger partial charge on any atom is -0.390 e. The molecule has 1 amide bonds. The molecule has 3 aromatic rings. The second-order valence-corrected chi connectivity index (χ2v) is 6.22. The van der Waals surface area contributed by atoms with Gasteiger partial charge in [0.15, 0.2) is 5.69 Å². The largest absolute Gasteiger partial charge is 0.390 e. The van der Waals surface area contributed by atoms with Crippen LogP contribution in [0.4, 0.5) is 9.39 Å². The van der Waals surface area contributed by atoms with Crippen LogP contribution in [0.5, 0.6) is 0 Å². The third-order valence-corrected chi connectivity index (χ3v) is 4.41. The van der Waals surface area contributed by atoms with Gasteiger partial charge in [0.1, 0.15) is 6.67 Å². The lowest BCUT2D eigenvalue weighted by molar-refractivity contribution is 0.0946.